The Hall–Kier alpha value is -5.82. The molecule has 8 aromatic rings. The molecule has 12 rings (SSSR count). The zero-order chi connectivity index (χ0) is 43.6. The Morgan fingerprint density at radius 3 is 1.95 bits per heavy atom. The molecule has 0 N–H and O–H groups in total. The molecule has 0 radical (unpaired) electrons. The van der Waals surface area contributed by atoms with E-state index >= 15 is 0 Å². The average Bonchev–Trinajstić information content (AvgIpc) is 3.66. The fourth-order valence-corrected chi connectivity index (χ4v) is 12.8. The maximum atomic E-state index is 7.05. The van der Waals surface area contributed by atoms with Crippen molar-refractivity contribution < 1.29 is 9.47 Å². The number of thioether (sulfide) groups is 1. The third kappa shape index (κ3) is 5.84. The molecule has 4 heterocycles. The number of anilines is 5. The van der Waals surface area contributed by atoms with Crippen molar-refractivity contribution in [3.8, 4) is 23.0 Å². The molecule has 0 saturated carbocycles. The largest absolute Gasteiger partial charge is 0.458 e. The van der Waals surface area contributed by atoms with Crippen molar-refractivity contribution in [3.63, 3.8) is 0 Å². The molecule has 4 aliphatic rings. The van der Waals surface area contributed by atoms with E-state index in [0.717, 1.165) is 52.7 Å². The molecule has 0 saturated heterocycles. The van der Waals surface area contributed by atoms with E-state index in [1.54, 1.807) is 0 Å². The van der Waals surface area contributed by atoms with Crippen molar-refractivity contribution in [2.75, 3.05) is 23.1 Å². The van der Waals surface area contributed by atoms with Crippen LogP contribution in [0.3, 0.4) is 0 Å². The summed E-state index contributed by atoms with van der Waals surface area (Å²) >= 11 is 3.73. The highest BCUT2D eigenvalue weighted by Crippen LogP contribution is 2.49. The molecule has 7 aromatic carbocycles. The molecule has 64 heavy (non-hydrogen) atoms. The third-order valence-corrected chi connectivity index (χ3v) is 18.1. The second kappa shape index (κ2) is 14.6. The standard InChI is InChI=1S/C56H50B2N2O2S2/c1-34(55(2,3)56(4,5)63-7)57-42-30-39-40-31-43-50(33-52(40)64-51(39)32-49(42)61-47-26-16-24-44(53(47)57)59(6)37-20-10-8-11-21-37)62-48-27-17-25-45-54(48)58(43)41-28-35-18-14-15-19-36(35)29-46(41)60(45)38-22-12-9-13-23-38/h8-13,16-17,20-33H,1,14-15,18-19H2,2-7H3. The molecule has 1 aromatic heterocycles. The predicted octanol–water partition coefficient (Wildman–Crippen LogP) is 12.1. The molecule has 0 unspecified atom stereocenters. The number of hydrogen-bond acceptors (Lipinski definition) is 6. The van der Waals surface area contributed by atoms with Crippen LogP contribution < -0.4 is 46.6 Å². The van der Waals surface area contributed by atoms with E-state index in [0.29, 0.717) is 0 Å². The van der Waals surface area contributed by atoms with Crippen LogP contribution in [-0.4, -0.2) is 31.5 Å². The minimum atomic E-state index is -0.240. The van der Waals surface area contributed by atoms with Gasteiger partial charge in [0, 0.05) is 60.4 Å². The minimum Gasteiger partial charge on any atom is -0.458 e. The van der Waals surface area contributed by atoms with Crippen LogP contribution in [0.1, 0.15) is 51.7 Å². The highest BCUT2D eigenvalue weighted by atomic mass is 32.2. The van der Waals surface area contributed by atoms with Gasteiger partial charge in [-0.2, -0.15) is 11.8 Å². The Labute approximate surface area is 386 Å². The fraction of sp³-hybridized carbons (Fsp3) is 0.214. The van der Waals surface area contributed by atoms with Crippen LogP contribution in [0, 0.1) is 5.41 Å². The van der Waals surface area contributed by atoms with Crippen molar-refractivity contribution >= 4 is 112 Å². The molecule has 0 spiro atoms. The smallest absolute Gasteiger partial charge is 0.256 e. The van der Waals surface area contributed by atoms with Gasteiger partial charge in [-0.1, -0.05) is 86.0 Å². The Bertz CT molecular complexity index is 3230. The number of aryl methyl sites for hydroxylation is 2. The highest BCUT2D eigenvalue weighted by molar-refractivity contribution is 8.00. The lowest BCUT2D eigenvalue weighted by atomic mass is 9.31. The van der Waals surface area contributed by atoms with Crippen LogP contribution in [0.15, 0.2) is 146 Å². The van der Waals surface area contributed by atoms with Crippen LogP contribution in [0.2, 0.25) is 0 Å². The van der Waals surface area contributed by atoms with E-state index in [2.05, 4.69) is 184 Å². The number of thiophene rings is 1. The lowest BCUT2D eigenvalue weighted by molar-refractivity contribution is 0.363. The quantitative estimate of drug-likeness (QED) is 0.149. The summed E-state index contributed by atoms with van der Waals surface area (Å²) in [5, 5.41) is 2.50. The summed E-state index contributed by atoms with van der Waals surface area (Å²) in [5.74, 6) is 3.67. The summed E-state index contributed by atoms with van der Waals surface area (Å²) in [6.07, 6.45) is 6.97. The molecule has 1 aliphatic carbocycles. The van der Waals surface area contributed by atoms with Crippen LogP contribution in [0.4, 0.5) is 28.4 Å². The van der Waals surface area contributed by atoms with Crippen molar-refractivity contribution in [1.29, 1.82) is 0 Å². The molecular formula is C56H50B2N2O2S2. The number of ether oxygens (including phenoxy) is 2. The van der Waals surface area contributed by atoms with Crippen molar-refractivity contribution in [2.45, 2.75) is 58.1 Å². The second-order valence-electron chi connectivity index (χ2n) is 19.1. The summed E-state index contributed by atoms with van der Waals surface area (Å²) in [4.78, 5) is 4.78. The highest BCUT2D eigenvalue weighted by Gasteiger charge is 2.47. The van der Waals surface area contributed by atoms with Crippen LogP contribution in [-0.2, 0) is 12.8 Å². The van der Waals surface area contributed by atoms with Crippen LogP contribution in [0.5, 0.6) is 23.0 Å². The van der Waals surface area contributed by atoms with E-state index in [9.17, 15) is 0 Å². The van der Waals surface area contributed by atoms with Gasteiger partial charge >= 0.3 is 0 Å². The Balaban J connectivity index is 1.07. The fourth-order valence-electron chi connectivity index (χ4n) is 11.0. The Morgan fingerprint density at radius 2 is 1.27 bits per heavy atom. The number of fused-ring (bicyclic) bond motifs is 10. The molecular weight excluding hydrogens is 818 g/mol. The van der Waals surface area contributed by atoms with Gasteiger partial charge in [0.1, 0.15) is 23.0 Å². The summed E-state index contributed by atoms with van der Waals surface area (Å²) in [6.45, 7) is 14.4. The van der Waals surface area contributed by atoms with Crippen molar-refractivity contribution in [1.82, 2.24) is 0 Å². The topological polar surface area (TPSA) is 24.9 Å². The van der Waals surface area contributed by atoms with Gasteiger partial charge in [0.15, 0.2) is 0 Å². The van der Waals surface area contributed by atoms with Gasteiger partial charge in [0.25, 0.3) is 6.71 Å². The number of nitrogens with zero attached hydrogens (tertiary/aromatic N) is 2. The molecule has 0 atom stereocenters. The monoisotopic (exact) mass is 868 g/mol. The first-order chi connectivity index (χ1) is 31.0. The Morgan fingerprint density at radius 1 is 0.656 bits per heavy atom. The number of benzene rings is 7. The molecule has 0 amide bonds. The lowest BCUT2D eigenvalue weighted by Gasteiger charge is -2.45. The number of allylic oxidation sites excluding steroid dienone is 1. The van der Waals surface area contributed by atoms with Gasteiger partial charge in [-0.05, 0) is 156 Å². The van der Waals surface area contributed by atoms with Gasteiger partial charge in [-0.15, -0.1) is 17.9 Å². The normalized spacial score (nSPS) is 14.8. The summed E-state index contributed by atoms with van der Waals surface area (Å²) in [7, 11) is 2.17. The van der Waals surface area contributed by atoms with E-state index in [-0.39, 0.29) is 23.6 Å². The van der Waals surface area contributed by atoms with Gasteiger partial charge in [0.05, 0.1) is 0 Å². The summed E-state index contributed by atoms with van der Waals surface area (Å²) in [5.41, 5.74) is 16.0. The van der Waals surface area contributed by atoms with Crippen molar-refractivity contribution in [2.24, 2.45) is 5.41 Å². The number of hydrogen-bond donors (Lipinski definition) is 0. The third-order valence-electron chi connectivity index (χ3n) is 15.4. The van der Waals surface area contributed by atoms with Gasteiger partial charge in [0.2, 0.25) is 6.71 Å². The molecule has 0 bridgehead atoms. The van der Waals surface area contributed by atoms with Gasteiger partial charge < -0.3 is 19.3 Å². The molecule has 8 heteroatoms. The van der Waals surface area contributed by atoms with E-state index in [4.69, 9.17) is 16.1 Å². The first-order valence-electron chi connectivity index (χ1n) is 22.7. The van der Waals surface area contributed by atoms with E-state index in [1.165, 1.54) is 88.5 Å². The second-order valence-corrected chi connectivity index (χ2v) is 21.7. The van der Waals surface area contributed by atoms with E-state index < -0.39 is 0 Å². The maximum absolute atomic E-state index is 7.05. The number of rotatable bonds is 7. The maximum Gasteiger partial charge on any atom is 0.256 e. The molecule has 3 aliphatic heterocycles. The lowest BCUT2D eigenvalue weighted by Crippen LogP contribution is -2.59. The van der Waals surface area contributed by atoms with Gasteiger partial charge in [-0.25, -0.2) is 0 Å². The molecule has 314 valence electrons. The van der Waals surface area contributed by atoms with Crippen molar-refractivity contribution in [3.05, 3.63) is 157 Å². The average molecular weight is 869 g/mol. The Kier molecular flexibility index (Phi) is 9.07. The van der Waals surface area contributed by atoms with Crippen LogP contribution >= 0.6 is 23.1 Å². The number of para-hydroxylation sites is 2. The van der Waals surface area contributed by atoms with E-state index in [1.807, 2.05) is 23.1 Å². The first-order valence-corrected chi connectivity index (χ1v) is 24.8. The van der Waals surface area contributed by atoms with Gasteiger partial charge in [-0.3, -0.25) is 0 Å². The SMILES string of the molecule is C=C(B1c2cc3c(cc2Oc2cccc(N(C)c4ccccc4)c21)sc1cc2c(cc13)B1c3cc4c(cc3N(c3ccccc3)c3cccc(c31)O2)CCCC4)C(C)(C)C(C)(C)SC. The predicted molar refractivity (Wildman–Crippen MR) is 278 cm³/mol. The minimum absolute atomic E-state index is 0.0301. The molecule has 0 fully saturated rings. The summed E-state index contributed by atoms with van der Waals surface area (Å²) < 4.78 is 16.4. The summed E-state index contributed by atoms with van der Waals surface area (Å²) in [6, 6.07) is 49.2. The first kappa shape index (κ1) is 39.7. The zero-order valence-corrected chi connectivity index (χ0v) is 39.1. The zero-order valence-electron chi connectivity index (χ0n) is 37.4. The van der Waals surface area contributed by atoms with Crippen LogP contribution in [0.25, 0.3) is 20.2 Å². The molecule has 4 nitrogen and oxygen atoms in total.